The highest BCUT2D eigenvalue weighted by Crippen LogP contribution is 2.20. The molecule has 0 aliphatic heterocycles. The van der Waals surface area contributed by atoms with Gasteiger partial charge in [-0.2, -0.15) is 5.10 Å². The first-order valence-corrected chi connectivity index (χ1v) is 6.13. The highest BCUT2D eigenvalue weighted by atomic mass is 35.5. The van der Waals surface area contributed by atoms with E-state index in [1.807, 2.05) is 0 Å². The summed E-state index contributed by atoms with van der Waals surface area (Å²) in [7, 11) is 0. The summed E-state index contributed by atoms with van der Waals surface area (Å²) >= 11 is 5.90. The van der Waals surface area contributed by atoms with E-state index in [1.54, 1.807) is 0 Å². The summed E-state index contributed by atoms with van der Waals surface area (Å²) in [4.78, 5) is 25.6. The van der Waals surface area contributed by atoms with Crippen LogP contribution in [0, 0.1) is 10.1 Å². The van der Waals surface area contributed by atoms with E-state index in [-0.39, 0.29) is 5.69 Å². The van der Waals surface area contributed by atoms with Crippen LogP contribution in [0.25, 0.3) is 0 Å². The average molecular weight is 305 g/mol. The zero-order chi connectivity index (χ0) is 15.2. The highest BCUT2D eigenvalue weighted by molar-refractivity contribution is 6.33. The zero-order valence-electron chi connectivity index (χ0n) is 10.6. The van der Waals surface area contributed by atoms with Gasteiger partial charge in [-0.15, -0.1) is 0 Å². The molecule has 0 unspecified atom stereocenters. The summed E-state index contributed by atoms with van der Waals surface area (Å²) in [5.74, 6) is -0.421. The highest BCUT2D eigenvalue weighted by Gasteiger charge is 2.08. The topological polar surface area (TPSA) is 97.5 Å². The lowest BCUT2D eigenvalue weighted by Gasteiger charge is -2.00. The number of non-ortho nitro benzene ring substituents is 1. The van der Waals surface area contributed by atoms with Crippen LogP contribution in [0.1, 0.15) is 15.9 Å². The number of benzene rings is 1. The molecular formula is C13H9ClN4O3. The molecular weight excluding hydrogens is 296 g/mol. The maximum absolute atomic E-state index is 11.7. The van der Waals surface area contributed by atoms with Crippen LogP contribution in [0.4, 0.5) is 5.69 Å². The molecule has 8 heteroatoms. The number of hydrazone groups is 1. The largest absolute Gasteiger partial charge is 0.271 e. The van der Waals surface area contributed by atoms with Crippen LogP contribution < -0.4 is 5.43 Å². The van der Waals surface area contributed by atoms with Crippen molar-refractivity contribution in [2.75, 3.05) is 0 Å². The Morgan fingerprint density at radius 2 is 2.05 bits per heavy atom. The molecule has 0 spiro atoms. The van der Waals surface area contributed by atoms with Crippen molar-refractivity contribution in [3.63, 3.8) is 0 Å². The van der Waals surface area contributed by atoms with Crippen molar-refractivity contribution in [1.29, 1.82) is 0 Å². The molecule has 1 N–H and O–H groups in total. The number of pyridine rings is 1. The van der Waals surface area contributed by atoms with Gasteiger partial charge in [0.05, 0.1) is 11.1 Å². The Bertz CT molecular complexity index is 704. The van der Waals surface area contributed by atoms with E-state index >= 15 is 0 Å². The van der Waals surface area contributed by atoms with Crippen molar-refractivity contribution in [2.45, 2.75) is 0 Å². The fourth-order valence-corrected chi connectivity index (χ4v) is 1.64. The van der Waals surface area contributed by atoms with E-state index in [1.165, 1.54) is 48.9 Å². The molecule has 1 amide bonds. The third-order valence-corrected chi connectivity index (χ3v) is 2.85. The van der Waals surface area contributed by atoms with Crippen LogP contribution in [0.2, 0.25) is 5.02 Å². The van der Waals surface area contributed by atoms with E-state index in [4.69, 9.17) is 11.6 Å². The minimum absolute atomic E-state index is 0.110. The number of halogens is 1. The molecule has 0 aliphatic rings. The second-order valence-electron chi connectivity index (χ2n) is 3.90. The number of rotatable bonds is 4. The minimum Gasteiger partial charge on any atom is -0.267 e. The van der Waals surface area contributed by atoms with Gasteiger partial charge in [0, 0.05) is 40.7 Å². The Kier molecular flexibility index (Phi) is 4.57. The van der Waals surface area contributed by atoms with E-state index < -0.39 is 10.8 Å². The molecule has 1 heterocycles. The van der Waals surface area contributed by atoms with Crippen molar-refractivity contribution in [2.24, 2.45) is 5.10 Å². The molecule has 0 bridgehead atoms. The number of nitro groups is 1. The summed E-state index contributed by atoms with van der Waals surface area (Å²) < 4.78 is 0. The number of hydrogen-bond donors (Lipinski definition) is 1. The summed E-state index contributed by atoms with van der Waals surface area (Å²) in [5, 5.41) is 14.7. The summed E-state index contributed by atoms with van der Waals surface area (Å²) in [5.41, 5.74) is 2.92. The molecule has 0 aliphatic carbocycles. The van der Waals surface area contributed by atoms with Gasteiger partial charge in [0.1, 0.15) is 0 Å². The first kappa shape index (κ1) is 14.6. The van der Waals surface area contributed by atoms with Gasteiger partial charge in [-0.3, -0.25) is 19.9 Å². The lowest BCUT2D eigenvalue weighted by atomic mass is 10.2. The minimum atomic E-state index is -0.538. The second kappa shape index (κ2) is 6.58. The van der Waals surface area contributed by atoms with Crippen LogP contribution in [0.3, 0.4) is 0 Å². The van der Waals surface area contributed by atoms with Gasteiger partial charge in [0.25, 0.3) is 11.6 Å². The Hall–Kier alpha value is -2.80. The van der Waals surface area contributed by atoms with E-state index in [0.29, 0.717) is 16.1 Å². The van der Waals surface area contributed by atoms with Gasteiger partial charge >= 0.3 is 0 Å². The zero-order valence-corrected chi connectivity index (χ0v) is 11.3. The molecule has 0 atom stereocenters. The number of nitrogens with one attached hydrogen (secondary N) is 1. The van der Waals surface area contributed by atoms with Crippen molar-refractivity contribution in [1.82, 2.24) is 10.4 Å². The fraction of sp³-hybridized carbons (Fsp3) is 0. The lowest BCUT2D eigenvalue weighted by molar-refractivity contribution is -0.384. The number of carbonyl (C=O) groups excluding carboxylic acids is 1. The third kappa shape index (κ3) is 3.83. The number of amides is 1. The molecule has 2 rings (SSSR count). The molecule has 0 saturated heterocycles. The first-order valence-electron chi connectivity index (χ1n) is 5.75. The number of nitrogens with zero attached hydrogens (tertiary/aromatic N) is 3. The number of carbonyl (C=O) groups is 1. The molecule has 2 aromatic rings. The van der Waals surface area contributed by atoms with Crippen LogP contribution in [0.15, 0.2) is 47.8 Å². The molecule has 21 heavy (non-hydrogen) atoms. The molecule has 0 radical (unpaired) electrons. The predicted molar refractivity (Wildman–Crippen MR) is 77.4 cm³/mol. The Labute approximate surface area is 124 Å². The number of hydrogen-bond acceptors (Lipinski definition) is 5. The molecule has 1 aromatic heterocycles. The van der Waals surface area contributed by atoms with Gasteiger partial charge in [-0.25, -0.2) is 5.43 Å². The van der Waals surface area contributed by atoms with Crippen molar-refractivity contribution >= 4 is 29.4 Å². The van der Waals surface area contributed by atoms with Crippen LogP contribution in [-0.2, 0) is 0 Å². The first-order chi connectivity index (χ1) is 10.1. The molecule has 0 fully saturated rings. The fourth-order valence-electron chi connectivity index (χ4n) is 1.47. The number of nitro benzene ring substituents is 1. The molecule has 7 nitrogen and oxygen atoms in total. The monoisotopic (exact) mass is 304 g/mol. The molecule has 1 aromatic carbocycles. The number of aromatic nitrogens is 1. The summed E-state index contributed by atoms with van der Waals surface area (Å²) in [6.07, 6.45) is 4.21. The van der Waals surface area contributed by atoms with E-state index in [2.05, 4.69) is 15.5 Å². The van der Waals surface area contributed by atoms with Crippen LogP contribution in [-0.4, -0.2) is 22.0 Å². The Morgan fingerprint density at radius 1 is 1.33 bits per heavy atom. The quantitative estimate of drug-likeness (QED) is 0.533. The molecule has 0 saturated carbocycles. The molecule has 106 valence electrons. The van der Waals surface area contributed by atoms with Gasteiger partial charge in [-0.05, 0) is 18.2 Å². The van der Waals surface area contributed by atoms with Crippen molar-refractivity contribution in [3.8, 4) is 0 Å². The van der Waals surface area contributed by atoms with Gasteiger partial charge < -0.3 is 0 Å². The van der Waals surface area contributed by atoms with Crippen LogP contribution >= 0.6 is 11.6 Å². The normalized spacial score (nSPS) is 10.5. The second-order valence-corrected chi connectivity index (χ2v) is 4.31. The maximum Gasteiger partial charge on any atom is 0.271 e. The Balaban J connectivity index is 2.10. The van der Waals surface area contributed by atoms with Gasteiger partial charge in [0.2, 0.25) is 0 Å². The third-order valence-electron chi connectivity index (χ3n) is 2.50. The summed E-state index contributed by atoms with van der Waals surface area (Å²) in [6.45, 7) is 0. The lowest BCUT2D eigenvalue weighted by Crippen LogP contribution is -2.17. The van der Waals surface area contributed by atoms with E-state index in [0.717, 1.165) is 0 Å². The maximum atomic E-state index is 11.7. The van der Waals surface area contributed by atoms with Crippen molar-refractivity contribution < 1.29 is 9.72 Å². The van der Waals surface area contributed by atoms with Crippen molar-refractivity contribution in [3.05, 3.63) is 69.0 Å². The SMILES string of the molecule is O=C(N/N=C/c1cc([N+](=O)[O-])ccc1Cl)c1ccncc1. The average Bonchev–Trinajstić information content (AvgIpc) is 2.49. The predicted octanol–water partition coefficient (Wildman–Crippen LogP) is 2.41. The van der Waals surface area contributed by atoms with Gasteiger partial charge in [0.15, 0.2) is 0 Å². The Morgan fingerprint density at radius 3 is 2.71 bits per heavy atom. The van der Waals surface area contributed by atoms with Crippen LogP contribution in [0.5, 0.6) is 0 Å². The summed E-state index contributed by atoms with van der Waals surface area (Å²) in [6, 6.07) is 7.02. The van der Waals surface area contributed by atoms with E-state index in [9.17, 15) is 14.9 Å². The van der Waals surface area contributed by atoms with Gasteiger partial charge in [-0.1, -0.05) is 11.6 Å². The smallest absolute Gasteiger partial charge is 0.267 e. The standard InChI is InChI=1S/C13H9ClN4O3/c14-12-2-1-11(18(20)21)7-10(12)8-16-17-13(19)9-3-5-15-6-4-9/h1-8H,(H,17,19)/b16-8+.